The summed E-state index contributed by atoms with van der Waals surface area (Å²) in [7, 11) is 0. The van der Waals surface area contributed by atoms with Crippen LogP contribution in [-0.4, -0.2) is 16.9 Å². The maximum atomic E-state index is 11.7. The number of carbonyl (C=O) groups is 1. The van der Waals surface area contributed by atoms with Crippen LogP contribution in [0.1, 0.15) is 41.7 Å². The van der Waals surface area contributed by atoms with Crippen molar-refractivity contribution in [3.8, 4) is 0 Å². The number of ether oxygens (including phenoxy) is 1. The molecule has 0 aromatic carbocycles. The second kappa shape index (κ2) is 5.82. The minimum absolute atomic E-state index is 0.220. The fourth-order valence-corrected chi connectivity index (χ4v) is 2.40. The highest BCUT2D eigenvalue weighted by atomic mass is 79.9. The number of aryl methyl sites for hydroxylation is 1. The quantitative estimate of drug-likeness (QED) is 0.620. The molecule has 0 saturated heterocycles. The lowest BCUT2D eigenvalue weighted by Gasteiger charge is -2.18. The maximum Gasteiger partial charge on any atom is 0.348 e. The fourth-order valence-electron chi connectivity index (χ4n) is 1.19. The van der Waals surface area contributed by atoms with Gasteiger partial charge in [-0.2, -0.15) is 0 Å². The first kappa shape index (κ1) is 13.7. The van der Waals surface area contributed by atoms with Gasteiger partial charge in [-0.15, -0.1) is 11.3 Å². The van der Waals surface area contributed by atoms with E-state index in [4.69, 9.17) is 4.74 Å². The van der Waals surface area contributed by atoms with Crippen LogP contribution in [0.2, 0.25) is 0 Å². The van der Waals surface area contributed by atoms with Crippen molar-refractivity contribution in [1.82, 2.24) is 0 Å². The van der Waals surface area contributed by atoms with Gasteiger partial charge in [-0.3, -0.25) is 0 Å². The van der Waals surface area contributed by atoms with E-state index >= 15 is 0 Å². The average Bonchev–Trinajstić information content (AvgIpc) is 2.60. The van der Waals surface area contributed by atoms with Crippen molar-refractivity contribution in [2.75, 3.05) is 5.33 Å². The first-order valence-electron chi connectivity index (χ1n) is 5.30. The van der Waals surface area contributed by atoms with Gasteiger partial charge >= 0.3 is 5.97 Å². The largest absolute Gasteiger partial charge is 0.456 e. The van der Waals surface area contributed by atoms with Crippen LogP contribution in [0.3, 0.4) is 0 Å². The Morgan fingerprint density at radius 2 is 2.12 bits per heavy atom. The Labute approximate surface area is 109 Å². The molecule has 0 aliphatic rings. The van der Waals surface area contributed by atoms with Gasteiger partial charge in [-0.1, -0.05) is 15.9 Å². The second-order valence-electron chi connectivity index (χ2n) is 4.56. The van der Waals surface area contributed by atoms with E-state index in [0.717, 1.165) is 18.2 Å². The highest BCUT2D eigenvalue weighted by Crippen LogP contribution is 2.21. The maximum absolute atomic E-state index is 11.7. The van der Waals surface area contributed by atoms with Gasteiger partial charge in [0.15, 0.2) is 0 Å². The fraction of sp³-hybridized carbons (Fsp3) is 0.583. The number of hydrogen-bond donors (Lipinski definition) is 0. The number of esters is 1. The summed E-state index contributed by atoms with van der Waals surface area (Å²) in [6.07, 6.45) is 2.10. The summed E-state index contributed by atoms with van der Waals surface area (Å²) in [4.78, 5) is 13.7. The molecule has 0 fully saturated rings. The lowest BCUT2D eigenvalue weighted by Crippen LogP contribution is -2.23. The number of carbonyl (C=O) groups excluding carboxylic acids is 1. The first-order chi connectivity index (χ1) is 7.42. The van der Waals surface area contributed by atoms with E-state index < -0.39 is 5.60 Å². The number of alkyl halides is 1. The van der Waals surface area contributed by atoms with E-state index in [0.29, 0.717) is 4.88 Å². The SMILES string of the molecule is CC(C)(C)OC(=O)c1ccc(CCCBr)s1. The third kappa shape index (κ3) is 4.66. The highest BCUT2D eigenvalue weighted by molar-refractivity contribution is 9.09. The molecule has 2 nitrogen and oxygen atoms in total. The minimum Gasteiger partial charge on any atom is -0.456 e. The van der Waals surface area contributed by atoms with Crippen molar-refractivity contribution >= 4 is 33.2 Å². The lowest BCUT2D eigenvalue weighted by molar-refractivity contribution is 0.00752. The molecule has 1 aromatic rings. The summed E-state index contributed by atoms with van der Waals surface area (Å²) in [6, 6.07) is 3.86. The molecule has 16 heavy (non-hydrogen) atoms. The Kier molecular flexibility index (Phi) is 4.99. The number of rotatable bonds is 4. The number of thiophene rings is 1. The van der Waals surface area contributed by atoms with E-state index in [9.17, 15) is 4.79 Å². The van der Waals surface area contributed by atoms with E-state index in [2.05, 4.69) is 15.9 Å². The Balaban J connectivity index is 2.60. The van der Waals surface area contributed by atoms with Crippen LogP contribution in [0.25, 0.3) is 0 Å². The number of hydrogen-bond acceptors (Lipinski definition) is 3. The van der Waals surface area contributed by atoms with Gasteiger partial charge in [-0.05, 0) is 45.7 Å². The molecular weight excluding hydrogens is 288 g/mol. The van der Waals surface area contributed by atoms with Crippen LogP contribution in [-0.2, 0) is 11.2 Å². The van der Waals surface area contributed by atoms with Crippen molar-refractivity contribution < 1.29 is 9.53 Å². The van der Waals surface area contributed by atoms with Crippen LogP contribution in [0.4, 0.5) is 0 Å². The van der Waals surface area contributed by atoms with Crippen LogP contribution in [0.5, 0.6) is 0 Å². The number of halogens is 1. The Hall–Kier alpha value is -0.350. The molecular formula is C12H17BrO2S. The Morgan fingerprint density at radius 1 is 1.44 bits per heavy atom. The van der Waals surface area contributed by atoms with Crippen molar-refractivity contribution in [2.45, 2.75) is 39.2 Å². The molecule has 0 unspecified atom stereocenters. The van der Waals surface area contributed by atoms with Gasteiger partial charge in [-0.25, -0.2) is 4.79 Å². The molecule has 90 valence electrons. The topological polar surface area (TPSA) is 26.3 Å². The molecule has 0 atom stereocenters. The molecule has 0 spiro atoms. The molecule has 0 N–H and O–H groups in total. The minimum atomic E-state index is -0.420. The molecule has 1 heterocycles. The molecule has 0 aliphatic heterocycles. The monoisotopic (exact) mass is 304 g/mol. The third-order valence-corrected chi connectivity index (χ3v) is 3.50. The van der Waals surface area contributed by atoms with Crippen molar-refractivity contribution in [2.24, 2.45) is 0 Å². The molecule has 0 aliphatic carbocycles. The molecule has 0 amide bonds. The van der Waals surface area contributed by atoms with Gasteiger partial charge in [0.2, 0.25) is 0 Å². The van der Waals surface area contributed by atoms with Gasteiger partial charge in [0.25, 0.3) is 0 Å². The molecule has 4 heteroatoms. The molecule has 0 radical (unpaired) electrons. The average molecular weight is 305 g/mol. The molecule has 1 aromatic heterocycles. The predicted octanol–water partition coefficient (Wildman–Crippen LogP) is 4.03. The van der Waals surface area contributed by atoms with Crippen LogP contribution >= 0.6 is 27.3 Å². The van der Waals surface area contributed by atoms with Crippen LogP contribution < -0.4 is 0 Å². The normalized spacial score (nSPS) is 11.5. The summed E-state index contributed by atoms with van der Waals surface area (Å²) >= 11 is 4.92. The van der Waals surface area contributed by atoms with Gasteiger partial charge in [0.1, 0.15) is 10.5 Å². The highest BCUT2D eigenvalue weighted by Gasteiger charge is 2.19. The molecule has 1 rings (SSSR count). The van der Waals surface area contributed by atoms with Crippen LogP contribution in [0.15, 0.2) is 12.1 Å². The van der Waals surface area contributed by atoms with E-state index in [1.165, 1.54) is 16.2 Å². The zero-order chi connectivity index (χ0) is 12.2. The summed E-state index contributed by atoms with van der Waals surface area (Å²) in [5, 5.41) is 0.993. The van der Waals surface area contributed by atoms with Crippen molar-refractivity contribution in [1.29, 1.82) is 0 Å². The molecule has 0 saturated carbocycles. The second-order valence-corrected chi connectivity index (χ2v) is 6.52. The van der Waals surface area contributed by atoms with Crippen molar-refractivity contribution in [3.63, 3.8) is 0 Å². The smallest absolute Gasteiger partial charge is 0.348 e. The lowest BCUT2D eigenvalue weighted by atomic mass is 10.2. The van der Waals surface area contributed by atoms with Gasteiger partial charge in [0, 0.05) is 10.2 Å². The predicted molar refractivity (Wildman–Crippen MR) is 71.6 cm³/mol. The summed E-state index contributed by atoms with van der Waals surface area (Å²) in [5.74, 6) is -0.220. The summed E-state index contributed by atoms with van der Waals surface area (Å²) in [6.45, 7) is 5.64. The van der Waals surface area contributed by atoms with Gasteiger partial charge in [0.05, 0.1) is 0 Å². The van der Waals surface area contributed by atoms with Gasteiger partial charge < -0.3 is 4.74 Å². The zero-order valence-electron chi connectivity index (χ0n) is 9.88. The Bertz CT molecular complexity index is 352. The summed E-state index contributed by atoms with van der Waals surface area (Å²) < 4.78 is 5.30. The van der Waals surface area contributed by atoms with Crippen LogP contribution in [0, 0.1) is 0 Å². The van der Waals surface area contributed by atoms with E-state index in [1.807, 2.05) is 32.9 Å². The standard InChI is InChI=1S/C12H17BrO2S/c1-12(2,3)15-11(14)10-7-6-9(16-10)5-4-8-13/h6-7H,4-5,8H2,1-3H3. The zero-order valence-corrected chi connectivity index (χ0v) is 12.3. The first-order valence-corrected chi connectivity index (χ1v) is 7.24. The third-order valence-electron chi connectivity index (χ3n) is 1.82. The van der Waals surface area contributed by atoms with Crippen molar-refractivity contribution in [3.05, 3.63) is 21.9 Å². The molecule has 0 bridgehead atoms. The van der Waals surface area contributed by atoms with E-state index in [-0.39, 0.29) is 5.97 Å². The van der Waals surface area contributed by atoms with E-state index in [1.54, 1.807) is 0 Å². The Morgan fingerprint density at radius 3 is 2.69 bits per heavy atom. The summed E-state index contributed by atoms with van der Waals surface area (Å²) in [5.41, 5.74) is -0.420.